The Morgan fingerprint density at radius 2 is 2.17 bits per heavy atom. The average molecular weight is 330 g/mol. The van der Waals surface area contributed by atoms with Crippen molar-refractivity contribution in [2.75, 3.05) is 5.43 Å². The van der Waals surface area contributed by atoms with Gasteiger partial charge in [-0.3, -0.25) is 5.43 Å². The molecule has 5 nitrogen and oxygen atoms in total. The Labute approximate surface area is 117 Å². The maximum absolute atomic E-state index is 5.93. The molecule has 0 aliphatic rings. The first-order valence-electron chi connectivity index (χ1n) is 5.06. The molecule has 0 aliphatic carbocycles. The number of hydrogen-bond donors (Lipinski definition) is 2. The molecule has 0 amide bonds. The first-order valence-corrected chi connectivity index (χ1v) is 6.23. The van der Waals surface area contributed by atoms with Crippen molar-refractivity contribution in [3.63, 3.8) is 0 Å². The summed E-state index contributed by atoms with van der Waals surface area (Å²) in [7, 11) is 0. The number of halogens is 2. The van der Waals surface area contributed by atoms with E-state index in [9.17, 15) is 0 Å². The number of rotatable bonds is 4. The molecule has 18 heavy (non-hydrogen) atoms. The topological polar surface area (TPSA) is 73.1 Å². The van der Waals surface area contributed by atoms with Crippen LogP contribution in [0.1, 0.15) is 5.56 Å². The zero-order valence-corrected chi connectivity index (χ0v) is 11.6. The van der Waals surface area contributed by atoms with Gasteiger partial charge in [-0.15, -0.1) is 0 Å². The normalized spacial score (nSPS) is 10.2. The third-order valence-corrected chi connectivity index (χ3v) is 3.20. The Bertz CT molecular complexity index is 552. The zero-order valence-electron chi connectivity index (χ0n) is 9.23. The predicted molar refractivity (Wildman–Crippen MR) is 73.3 cm³/mol. The van der Waals surface area contributed by atoms with Crippen LogP contribution in [0.5, 0.6) is 5.88 Å². The third kappa shape index (κ3) is 3.10. The van der Waals surface area contributed by atoms with Crippen molar-refractivity contribution in [1.82, 2.24) is 9.97 Å². The van der Waals surface area contributed by atoms with E-state index in [0.29, 0.717) is 11.6 Å². The van der Waals surface area contributed by atoms with Crippen LogP contribution in [0, 0.1) is 0 Å². The maximum atomic E-state index is 5.93. The second-order valence-electron chi connectivity index (χ2n) is 3.37. The molecule has 0 aliphatic heterocycles. The zero-order chi connectivity index (χ0) is 13.0. The summed E-state index contributed by atoms with van der Waals surface area (Å²) in [6.07, 6.45) is 1.43. The second-order valence-corrected chi connectivity index (χ2v) is 4.63. The average Bonchev–Trinajstić information content (AvgIpc) is 2.39. The summed E-state index contributed by atoms with van der Waals surface area (Å²) < 4.78 is 6.50. The fourth-order valence-electron chi connectivity index (χ4n) is 1.28. The van der Waals surface area contributed by atoms with E-state index in [1.54, 1.807) is 0 Å². The summed E-state index contributed by atoms with van der Waals surface area (Å²) in [6, 6.07) is 7.74. The van der Waals surface area contributed by atoms with Gasteiger partial charge in [0, 0.05) is 10.0 Å². The van der Waals surface area contributed by atoms with Crippen LogP contribution in [-0.4, -0.2) is 9.97 Å². The van der Waals surface area contributed by atoms with Crippen molar-refractivity contribution in [2.45, 2.75) is 6.61 Å². The molecule has 94 valence electrons. The Morgan fingerprint density at radius 1 is 1.39 bits per heavy atom. The van der Waals surface area contributed by atoms with Gasteiger partial charge in [0.05, 0.1) is 6.20 Å². The molecule has 2 rings (SSSR count). The van der Waals surface area contributed by atoms with Crippen molar-refractivity contribution < 1.29 is 4.74 Å². The van der Waals surface area contributed by atoms with Crippen molar-refractivity contribution in [3.05, 3.63) is 45.5 Å². The molecule has 0 spiro atoms. The van der Waals surface area contributed by atoms with E-state index >= 15 is 0 Å². The van der Waals surface area contributed by atoms with Gasteiger partial charge >= 0.3 is 0 Å². The molecule has 0 atom stereocenters. The minimum Gasteiger partial charge on any atom is -0.472 e. The molecule has 2 aromatic rings. The number of ether oxygens (including phenoxy) is 1. The number of nitrogens with zero attached hydrogens (tertiary/aromatic N) is 2. The number of benzene rings is 1. The lowest BCUT2D eigenvalue weighted by Gasteiger charge is -2.09. The molecule has 0 bridgehead atoms. The maximum Gasteiger partial charge on any atom is 0.240 e. The summed E-state index contributed by atoms with van der Waals surface area (Å²) in [4.78, 5) is 7.88. The lowest BCUT2D eigenvalue weighted by molar-refractivity contribution is 0.293. The van der Waals surface area contributed by atoms with Crippen molar-refractivity contribution in [3.8, 4) is 5.88 Å². The molecular weight excluding hydrogens is 320 g/mol. The van der Waals surface area contributed by atoms with Crippen molar-refractivity contribution >= 4 is 33.5 Å². The second kappa shape index (κ2) is 5.99. The van der Waals surface area contributed by atoms with Gasteiger partial charge in [0.25, 0.3) is 0 Å². The number of nitrogens with one attached hydrogen (secondary N) is 1. The fourth-order valence-corrected chi connectivity index (χ4v) is 1.83. The van der Waals surface area contributed by atoms with Gasteiger partial charge < -0.3 is 4.74 Å². The number of hydrogen-bond acceptors (Lipinski definition) is 5. The molecule has 0 saturated heterocycles. The van der Waals surface area contributed by atoms with Gasteiger partial charge in [-0.25, -0.2) is 10.8 Å². The molecule has 0 unspecified atom stereocenters. The van der Waals surface area contributed by atoms with E-state index in [2.05, 4.69) is 31.3 Å². The molecular formula is C11H10BrClN4O. The Balaban J connectivity index is 2.13. The molecule has 7 heteroatoms. The highest BCUT2D eigenvalue weighted by molar-refractivity contribution is 9.10. The standard InChI is InChI=1S/C11H10BrClN4O/c12-8-4-2-1-3-7(8)6-18-10-9(13)5-15-11(16-10)17-14/h1-5H,6,14H2,(H,15,16,17). The molecule has 1 heterocycles. The van der Waals surface area contributed by atoms with Gasteiger partial charge in [0.1, 0.15) is 11.6 Å². The monoisotopic (exact) mass is 328 g/mol. The predicted octanol–water partition coefficient (Wildman–Crippen LogP) is 2.76. The van der Waals surface area contributed by atoms with Crippen LogP contribution in [0.15, 0.2) is 34.9 Å². The van der Waals surface area contributed by atoms with Gasteiger partial charge in [-0.2, -0.15) is 4.98 Å². The van der Waals surface area contributed by atoms with Crippen LogP contribution in [0.25, 0.3) is 0 Å². The Hall–Kier alpha value is -1.37. The molecule has 1 aromatic carbocycles. The summed E-state index contributed by atoms with van der Waals surface area (Å²) in [5.41, 5.74) is 3.33. The highest BCUT2D eigenvalue weighted by Crippen LogP contribution is 2.24. The Morgan fingerprint density at radius 3 is 2.89 bits per heavy atom. The van der Waals surface area contributed by atoms with Crippen LogP contribution in [0.2, 0.25) is 5.02 Å². The Kier molecular flexibility index (Phi) is 4.35. The van der Waals surface area contributed by atoms with Crippen LogP contribution >= 0.6 is 27.5 Å². The minimum absolute atomic E-state index is 0.251. The van der Waals surface area contributed by atoms with Gasteiger partial charge in [0.2, 0.25) is 11.8 Å². The van der Waals surface area contributed by atoms with Crippen molar-refractivity contribution in [1.29, 1.82) is 0 Å². The SMILES string of the molecule is NNc1ncc(Cl)c(OCc2ccccc2Br)n1. The highest BCUT2D eigenvalue weighted by atomic mass is 79.9. The number of hydrazine groups is 1. The quantitative estimate of drug-likeness (QED) is 0.666. The van der Waals surface area contributed by atoms with Crippen LogP contribution in [0.3, 0.4) is 0 Å². The van der Waals surface area contributed by atoms with E-state index < -0.39 is 0 Å². The lowest BCUT2D eigenvalue weighted by Crippen LogP contribution is -2.11. The van der Waals surface area contributed by atoms with E-state index in [-0.39, 0.29) is 11.8 Å². The first-order chi connectivity index (χ1) is 8.70. The summed E-state index contributed by atoms with van der Waals surface area (Å²) >= 11 is 9.37. The first kappa shape index (κ1) is 13.1. The number of nitrogens with two attached hydrogens (primary N) is 1. The minimum atomic E-state index is 0.251. The molecule has 0 fully saturated rings. The van der Waals surface area contributed by atoms with Crippen molar-refractivity contribution in [2.24, 2.45) is 5.84 Å². The van der Waals surface area contributed by atoms with E-state index in [1.807, 2.05) is 24.3 Å². The van der Waals surface area contributed by atoms with E-state index in [1.165, 1.54) is 6.20 Å². The van der Waals surface area contributed by atoms with Gasteiger partial charge in [-0.1, -0.05) is 45.7 Å². The smallest absolute Gasteiger partial charge is 0.240 e. The number of aromatic nitrogens is 2. The van der Waals surface area contributed by atoms with E-state index in [4.69, 9.17) is 22.2 Å². The summed E-state index contributed by atoms with van der Waals surface area (Å²) in [5.74, 6) is 5.76. The largest absolute Gasteiger partial charge is 0.472 e. The summed E-state index contributed by atoms with van der Waals surface area (Å²) in [6.45, 7) is 0.349. The van der Waals surface area contributed by atoms with Crippen LogP contribution in [0.4, 0.5) is 5.95 Å². The number of nitrogen functional groups attached to an aromatic ring is 1. The molecule has 3 N–H and O–H groups in total. The molecule has 0 saturated carbocycles. The lowest BCUT2D eigenvalue weighted by atomic mass is 10.2. The van der Waals surface area contributed by atoms with Gasteiger partial charge in [-0.05, 0) is 6.07 Å². The third-order valence-electron chi connectivity index (χ3n) is 2.16. The molecule has 1 aromatic heterocycles. The van der Waals surface area contributed by atoms with E-state index in [0.717, 1.165) is 10.0 Å². The van der Waals surface area contributed by atoms with Crippen LogP contribution in [-0.2, 0) is 6.61 Å². The molecule has 0 radical (unpaired) electrons. The van der Waals surface area contributed by atoms with Gasteiger partial charge in [0.15, 0.2) is 0 Å². The summed E-state index contributed by atoms with van der Waals surface area (Å²) in [5, 5.41) is 0.334. The fraction of sp³-hybridized carbons (Fsp3) is 0.0909. The van der Waals surface area contributed by atoms with Crippen LogP contribution < -0.4 is 16.0 Å². The number of anilines is 1. The highest BCUT2D eigenvalue weighted by Gasteiger charge is 2.07.